The van der Waals surface area contributed by atoms with Crippen molar-refractivity contribution in [3.63, 3.8) is 0 Å². The second-order valence-electron chi connectivity index (χ2n) is 4.31. The van der Waals surface area contributed by atoms with Crippen molar-refractivity contribution in [2.75, 3.05) is 20.8 Å². The standard InChI is InChI=1S/C14H13NO5S2/c1-15-13(18)11(22-14(15)21)6-8-3-4-9(10(5-8)19-2)20-7-12(16)17/h3-6H,7H2,1-2H3,(H,16,17)/p-1/b11-6+. The fourth-order valence-electron chi connectivity index (χ4n) is 1.73. The molecule has 0 radical (unpaired) electrons. The number of ether oxygens (including phenoxy) is 2. The maximum absolute atomic E-state index is 11.9. The molecule has 0 aliphatic carbocycles. The van der Waals surface area contributed by atoms with Gasteiger partial charge < -0.3 is 19.4 Å². The van der Waals surface area contributed by atoms with Crippen molar-refractivity contribution in [3.05, 3.63) is 28.7 Å². The first kappa shape index (κ1) is 16.3. The lowest BCUT2D eigenvalue weighted by Crippen LogP contribution is -2.29. The van der Waals surface area contributed by atoms with Gasteiger partial charge in [-0.25, -0.2) is 0 Å². The highest BCUT2D eigenvalue weighted by atomic mass is 32.2. The minimum atomic E-state index is -1.32. The molecule has 1 amide bonds. The van der Waals surface area contributed by atoms with Gasteiger partial charge in [-0.05, 0) is 23.8 Å². The topological polar surface area (TPSA) is 78.9 Å². The van der Waals surface area contributed by atoms with Gasteiger partial charge in [0.15, 0.2) is 11.5 Å². The number of thiocarbonyl (C=S) groups is 1. The minimum Gasteiger partial charge on any atom is -0.546 e. The second kappa shape index (κ2) is 6.80. The molecule has 1 fully saturated rings. The SMILES string of the molecule is COc1cc(/C=C2/SC(=S)N(C)C2=O)ccc1OCC(=O)[O-]. The Morgan fingerprint density at radius 3 is 2.73 bits per heavy atom. The number of carboxylic acids is 1. The van der Waals surface area contributed by atoms with Gasteiger partial charge in [0.2, 0.25) is 0 Å². The van der Waals surface area contributed by atoms with Crippen LogP contribution >= 0.6 is 24.0 Å². The predicted molar refractivity (Wildman–Crippen MR) is 84.4 cm³/mol. The number of methoxy groups -OCH3 is 1. The lowest BCUT2D eigenvalue weighted by Gasteiger charge is -2.11. The molecular formula is C14H12NO5S2-. The summed E-state index contributed by atoms with van der Waals surface area (Å²) in [6, 6.07) is 4.91. The summed E-state index contributed by atoms with van der Waals surface area (Å²) in [5, 5.41) is 10.4. The summed E-state index contributed by atoms with van der Waals surface area (Å²) >= 11 is 6.28. The fraction of sp³-hybridized carbons (Fsp3) is 0.214. The quantitative estimate of drug-likeness (QED) is 0.576. The largest absolute Gasteiger partial charge is 0.546 e. The van der Waals surface area contributed by atoms with Gasteiger partial charge in [-0.3, -0.25) is 9.69 Å². The molecule has 0 spiro atoms. The maximum atomic E-state index is 11.9. The third-order valence-electron chi connectivity index (χ3n) is 2.82. The Morgan fingerprint density at radius 1 is 1.45 bits per heavy atom. The van der Waals surface area contributed by atoms with E-state index in [0.29, 0.717) is 20.5 Å². The van der Waals surface area contributed by atoms with Gasteiger partial charge in [0.05, 0.1) is 18.0 Å². The zero-order valence-corrected chi connectivity index (χ0v) is 13.5. The zero-order valence-electron chi connectivity index (χ0n) is 11.8. The first-order valence-corrected chi connectivity index (χ1v) is 7.37. The van der Waals surface area contributed by atoms with Crippen molar-refractivity contribution < 1.29 is 24.2 Å². The monoisotopic (exact) mass is 338 g/mol. The van der Waals surface area contributed by atoms with Gasteiger partial charge in [0, 0.05) is 7.05 Å². The van der Waals surface area contributed by atoms with Crippen molar-refractivity contribution in [3.8, 4) is 11.5 Å². The Hall–Kier alpha value is -2.06. The fourth-order valence-corrected chi connectivity index (χ4v) is 2.91. The summed E-state index contributed by atoms with van der Waals surface area (Å²) in [6.07, 6.45) is 1.69. The predicted octanol–water partition coefficient (Wildman–Crippen LogP) is 0.655. The number of hydrogen-bond donors (Lipinski definition) is 0. The van der Waals surface area contributed by atoms with Crippen LogP contribution in [0.1, 0.15) is 5.56 Å². The summed E-state index contributed by atoms with van der Waals surface area (Å²) in [5.74, 6) is -0.835. The molecule has 2 rings (SSSR count). The van der Waals surface area contributed by atoms with E-state index < -0.39 is 12.6 Å². The van der Waals surface area contributed by atoms with Gasteiger partial charge in [0.1, 0.15) is 10.9 Å². The Bertz CT molecular complexity index is 671. The Kier molecular flexibility index (Phi) is 5.04. The summed E-state index contributed by atoms with van der Waals surface area (Å²) in [4.78, 5) is 24.3. The molecule has 0 aromatic heterocycles. The normalized spacial score (nSPS) is 16.3. The van der Waals surface area contributed by atoms with Crippen LogP contribution in [0.5, 0.6) is 11.5 Å². The first-order valence-electron chi connectivity index (χ1n) is 6.14. The van der Waals surface area contributed by atoms with Gasteiger partial charge in [-0.2, -0.15) is 0 Å². The first-order chi connectivity index (χ1) is 10.4. The molecule has 1 aromatic carbocycles. The molecule has 1 aliphatic heterocycles. The number of benzene rings is 1. The van der Waals surface area contributed by atoms with E-state index in [2.05, 4.69) is 0 Å². The molecule has 0 saturated carbocycles. The number of carboxylic acid groups (broad SMARTS) is 1. The summed E-state index contributed by atoms with van der Waals surface area (Å²) < 4.78 is 10.7. The van der Waals surface area contributed by atoms with E-state index in [4.69, 9.17) is 21.7 Å². The molecule has 0 N–H and O–H groups in total. The Morgan fingerprint density at radius 2 is 2.18 bits per heavy atom. The Labute approximate surface area is 136 Å². The molecular weight excluding hydrogens is 326 g/mol. The summed E-state index contributed by atoms with van der Waals surface area (Å²) in [6.45, 7) is -0.565. The lowest BCUT2D eigenvalue weighted by atomic mass is 10.2. The van der Waals surface area contributed by atoms with E-state index in [1.165, 1.54) is 23.8 Å². The van der Waals surface area contributed by atoms with Crippen LogP contribution in [0.25, 0.3) is 6.08 Å². The lowest BCUT2D eigenvalue weighted by molar-refractivity contribution is -0.307. The van der Waals surface area contributed by atoms with Crippen LogP contribution in [-0.4, -0.2) is 41.9 Å². The number of carbonyl (C=O) groups excluding carboxylic acids is 2. The third kappa shape index (κ3) is 3.58. The molecule has 8 heteroatoms. The van der Waals surface area contributed by atoms with Crippen LogP contribution in [0.3, 0.4) is 0 Å². The Balaban J connectivity index is 2.25. The highest BCUT2D eigenvalue weighted by molar-refractivity contribution is 8.26. The van der Waals surface area contributed by atoms with Crippen molar-refractivity contribution in [1.82, 2.24) is 4.90 Å². The van der Waals surface area contributed by atoms with E-state index in [-0.39, 0.29) is 11.7 Å². The number of nitrogens with zero attached hydrogens (tertiary/aromatic N) is 1. The van der Waals surface area contributed by atoms with E-state index in [1.54, 1.807) is 31.3 Å². The van der Waals surface area contributed by atoms with Crippen LogP contribution in [0.4, 0.5) is 0 Å². The van der Waals surface area contributed by atoms with Crippen molar-refractivity contribution in [2.24, 2.45) is 0 Å². The minimum absolute atomic E-state index is 0.161. The van der Waals surface area contributed by atoms with E-state index in [9.17, 15) is 14.7 Å². The molecule has 0 unspecified atom stereocenters. The number of carbonyl (C=O) groups is 2. The average Bonchev–Trinajstić information content (AvgIpc) is 2.73. The number of likely N-dealkylation sites (N-methyl/N-ethyl adjacent to an activating group) is 1. The van der Waals surface area contributed by atoms with Crippen molar-refractivity contribution >= 4 is 46.3 Å². The maximum Gasteiger partial charge on any atom is 0.265 e. The van der Waals surface area contributed by atoms with Crippen molar-refractivity contribution in [1.29, 1.82) is 0 Å². The highest BCUT2D eigenvalue weighted by Crippen LogP contribution is 2.33. The molecule has 1 saturated heterocycles. The number of aliphatic carboxylic acids is 1. The molecule has 1 aromatic rings. The van der Waals surface area contributed by atoms with Crippen LogP contribution in [0.15, 0.2) is 23.1 Å². The van der Waals surface area contributed by atoms with E-state index >= 15 is 0 Å². The van der Waals surface area contributed by atoms with E-state index in [0.717, 1.165) is 0 Å². The van der Waals surface area contributed by atoms with Crippen LogP contribution in [0, 0.1) is 0 Å². The van der Waals surface area contributed by atoms with E-state index in [1.807, 2.05) is 0 Å². The second-order valence-corrected chi connectivity index (χ2v) is 5.99. The molecule has 116 valence electrons. The zero-order chi connectivity index (χ0) is 16.3. The molecule has 0 atom stereocenters. The molecule has 22 heavy (non-hydrogen) atoms. The third-order valence-corrected chi connectivity index (χ3v) is 4.30. The number of rotatable bonds is 5. The summed E-state index contributed by atoms with van der Waals surface area (Å²) in [5.41, 5.74) is 0.714. The molecule has 1 heterocycles. The van der Waals surface area contributed by atoms with Crippen LogP contribution < -0.4 is 14.6 Å². The number of amides is 1. The van der Waals surface area contributed by atoms with Crippen LogP contribution in [-0.2, 0) is 9.59 Å². The smallest absolute Gasteiger partial charge is 0.265 e. The molecule has 0 bridgehead atoms. The van der Waals surface area contributed by atoms with Crippen molar-refractivity contribution in [2.45, 2.75) is 0 Å². The number of thioether (sulfide) groups is 1. The van der Waals surface area contributed by atoms with Gasteiger partial charge in [-0.1, -0.05) is 30.0 Å². The number of hydrogen-bond acceptors (Lipinski definition) is 7. The van der Waals surface area contributed by atoms with Gasteiger partial charge >= 0.3 is 0 Å². The molecule has 1 aliphatic rings. The summed E-state index contributed by atoms with van der Waals surface area (Å²) in [7, 11) is 3.06. The highest BCUT2D eigenvalue weighted by Gasteiger charge is 2.28. The van der Waals surface area contributed by atoms with Crippen LogP contribution in [0.2, 0.25) is 0 Å². The average molecular weight is 338 g/mol. The molecule has 6 nitrogen and oxygen atoms in total. The van der Waals surface area contributed by atoms with Gasteiger partial charge in [0.25, 0.3) is 5.91 Å². The van der Waals surface area contributed by atoms with Gasteiger partial charge in [-0.15, -0.1) is 0 Å².